The molecule has 0 atom stereocenters. The number of allylic oxidation sites excluding steroid dienone is 1. The Morgan fingerprint density at radius 3 is 2.52 bits per heavy atom. The van der Waals surface area contributed by atoms with Gasteiger partial charge in [-0.25, -0.2) is 10.5 Å². The number of hydrazone groups is 1. The van der Waals surface area contributed by atoms with Crippen LogP contribution >= 0.6 is 15.9 Å². The van der Waals surface area contributed by atoms with Gasteiger partial charge in [0, 0.05) is 9.87 Å². The van der Waals surface area contributed by atoms with Crippen LogP contribution in [0.25, 0.3) is 16.8 Å². The first-order chi connectivity index (χ1) is 12.1. The van der Waals surface area contributed by atoms with Crippen molar-refractivity contribution in [2.24, 2.45) is 5.10 Å². The molecule has 0 aliphatic rings. The van der Waals surface area contributed by atoms with E-state index in [-0.39, 0.29) is 11.3 Å². The van der Waals surface area contributed by atoms with E-state index in [2.05, 4.69) is 36.7 Å². The third-order valence-electron chi connectivity index (χ3n) is 3.37. The van der Waals surface area contributed by atoms with Gasteiger partial charge >= 0.3 is 0 Å². The molecule has 1 aromatic heterocycles. The summed E-state index contributed by atoms with van der Waals surface area (Å²) in [7, 11) is 0. The third kappa shape index (κ3) is 4.07. The van der Waals surface area contributed by atoms with Crippen LogP contribution in [0.5, 0.6) is 0 Å². The van der Waals surface area contributed by atoms with Crippen molar-refractivity contribution < 1.29 is 4.79 Å². The monoisotopic (exact) mass is 396 g/mol. The molecule has 0 aliphatic heterocycles. The van der Waals surface area contributed by atoms with E-state index < -0.39 is 5.91 Å². The number of aromatic nitrogens is 2. The molecule has 0 aliphatic carbocycles. The highest BCUT2D eigenvalue weighted by molar-refractivity contribution is 9.12. The SMILES string of the molecule is O=C(N/N=C\C(Br)=C\c1ccccc1)c1n[nH]c(=O)c2ccccc12. The largest absolute Gasteiger partial charge is 0.292 e. The molecule has 0 spiro atoms. The second-order valence-electron chi connectivity index (χ2n) is 5.09. The van der Waals surface area contributed by atoms with Crippen LogP contribution in [0.3, 0.4) is 0 Å². The lowest BCUT2D eigenvalue weighted by Gasteiger charge is -2.02. The van der Waals surface area contributed by atoms with E-state index in [9.17, 15) is 9.59 Å². The number of hydrogen-bond acceptors (Lipinski definition) is 4. The van der Waals surface area contributed by atoms with E-state index in [1.807, 2.05) is 36.4 Å². The predicted octanol–water partition coefficient (Wildman–Crippen LogP) is 3.07. The molecule has 124 valence electrons. The zero-order valence-electron chi connectivity index (χ0n) is 12.9. The van der Waals surface area contributed by atoms with Crippen LogP contribution in [0, 0.1) is 0 Å². The highest BCUT2D eigenvalue weighted by atomic mass is 79.9. The molecule has 0 bridgehead atoms. The van der Waals surface area contributed by atoms with Gasteiger partial charge in [0.05, 0.1) is 11.6 Å². The summed E-state index contributed by atoms with van der Waals surface area (Å²) in [5.74, 6) is -0.510. The number of halogens is 1. The quantitative estimate of drug-likeness (QED) is 0.524. The van der Waals surface area contributed by atoms with E-state index in [1.165, 1.54) is 6.21 Å². The fourth-order valence-corrected chi connectivity index (χ4v) is 2.61. The molecule has 0 saturated carbocycles. The second-order valence-corrected chi connectivity index (χ2v) is 6.00. The van der Waals surface area contributed by atoms with Crippen LogP contribution in [-0.4, -0.2) is 22.3 Å². The maximum atomic E-state index is 12.3. The molecule has 0 radical (unpaired) electrons. The number of fused-ring (bicyclic) bond motifs is 1. The number of H-pyrrole nitrogens is 1. The van der Waals surface area contributed by atoms with Crippen molar-refractivity contribution in [3.05, 3.63) is 80.7 Å². The fourth-order valence-electron chi connectivity index (χ4n) is 2.24. The maximum Gasteiger partial charge on any atom is 0.292 e. The van der Waals surface area contributed by atoms with Gasteiger partial charge in [-0.3, -0.25) is 9.59 Å². The van der Waals surface area contributed by atoms with E-state index >= 15 is 0 Å². The van der Waals surface area contributed by atoms with Crippen LogP contribution in [0.2, 0.25) is 0 Å². The Labute approximate surface area is 151 Å². The molecule has 7 heteroatoms. The van der Waals surface area contributed by atoms with Gasteiger partial charge in [0.15, 0.2) is 5.69 Å². The number of carbonyl (C=O) groups excluding carboxylic acids is 1. The van der Waals surface area contributed by atoms with E-state index in [4.69, 9.17) is 0 Å². The Morgan fingerprint density at radius 2 is 1.76 bits per heavy atom. The first kappa shape index (κ1) is 16.8. The minimum absolute atomic E-state index is 0.107. The summed E-state index contributed by atoms with van der Waals surface area (Å²) < 4.78 is 0.693. The van der Waals surface area contributed by atoms with Gasteiger partial charge in [-0.15, -0.1) is 0 Å². The molecular weight excluding hydrogens is 384 g/mol. The third-order valence-corrected chi connectivity index (χ3v) is 3.80. The lowest BCUT2D eigenvalue weighted by atomic mass is 10.1. The summed E-state index contributed by atoms with van der Waals surface area (Å²) in [5.41, 5.74) is 3.17. The van der Waals surface area contributed by atoms with Gasteiger partial charge in [-0.2, -0.15) is 10.2 Å². The Balaban J connectivity index is 1.76. The molecule has 3 aromatic rings. The highest BCUT2D eigenvalue weighted by Gasteiger charge is 2.12. The van der Waals surface area contributed by atoms with Crippen LogP contribution < -0.4 is 11.0 Å². The molecule has 0 saturated heterocycles. The van der Waals surface area contributed by atoms with Crippen LogP contribution in [0.15, 0.2) is 69.0 Å². The van der Waals surface area contributed by atoms with Crippen molar-refractivity contribution in [1.82, 2.24) is 15.6 Å². The summed E-state index contributed by atoms with van der Waals surface area (Å²) >= 11 is 3.37. The predicted molar refractivity (Wildman–Crippen MR) is 102 cm³/mol. The molecule has 3 rings (SSSR count). The smallest absolute Gasteiger partial charge is 0.267 e. The lowest BCUT2D eigenvalue weighted by molar-refractivity contribution is 0.0951. The first-order valence-electron chi connectivity index (χ1n) is 7.38. The Bertz CT molecular complexity index is 1030. The van der Waals surface area contributed by atoms with Gasteiger partial charge in [-0.05, 0) is 33.6 Å². The topological polar surface area (TPSA) is 87.2 Å². The number of aromatic amines is 1. The molecule has 25 heavy (non-hydrogen) atoms. The molecule has 0 unspecified atom stereocenters. The van der Waals surface area contributed by atoms with Gasteiger partial charge in [-0.1, -0.05) is 48.5 Å². The number of carbonyl (C=O) groups is 1. The van der Waals surface area contributed by atoms with Crippen molar-refractivity contribution in [2.75, 3.05) is 0 Å². The molecule has 0 fully saturated rings. The van der Waals surface area contributed by atoms with E-state index in [0.29, 0.717) is 15.3 Å². The van der Waals surface area contributed by atoms with Gasteiger partial charge in [0.25, 0.3) is 11.5 Å². The summed E-state index contributed by atoms with van der Waals surface area (Å²) in [6.45, 7) is 0. The molecular formula is C18H13BrN4O2. The van der Waals surface area contributed by atoms with Crippen LogP contribution in [0.1, 0.15) is 16.1 Å². The van der Waals surface area contributed by atoms with Crippen molar-refractivity contribution >= 4 is 44.9 Å². The summed E-state index contributed by atoms with van der Waals surface area (Å²) in [6, 6.07) is 16.5. The minimum Gasteiger partial charge on any atom is -0.267 e. The molecule has 2 N–H and O–H groups in total. The minimum atomic E-state index is -0.510. The van der Waals surface area contributed by atoms with Crippen LogP contribution in [-0.2, 0) is 0 Å². The van der Waals surface area contributed by atoms with Gasteiger partial charge < -0.3 is 0 Å². The highest BCUT2D eigenvalue weighted by Crippen LogP contribution is 2.12. The Hall–Kier alpha value is -3.06. The number of amides is 1. The Morgan fingerprint density at radius 1 is 1.08 bits per heavy atom. The lowest BCUT2D eigenvalue weighted by Crippen LogP contribution is -2.22. The zero-order valence-corrected chi connectivity index (χ0v) is 14.5. The average Bonchev–Trinajstić information content (AvgIpc) is 2.63. The van der Waals surface area contributed by atoms with Gasteiger partial charge in [0.2, 0.25) is 0 Å². The average molecular weight is 397 g/mol. The van der Waals surface area contributed by atoms with Crippen molar-refractivity contribution in [2.45, 2.75) is 0 Å². The number of benzene rings is 2. The Kier molecular flexibility index (Phi) is 5.15. The van der Waals surface area contributed by atoms with E-state index in [0.717, 1.165) is 5.56 Å². The maximum absolute atomic E-state index is 12.3. The molecule has 2 aromatic carbocycles. The molecule has 1 amide bonds. The summed E-state index contributed by atoms with van der Waals surface area (Å²) in [5, 5.41) is 10.9. The number of nitrogens with zero attached hydrogens (tertiary/aromatic N) is 2. The molecule has 1 heterocycles. The van der Waals surface area contributed by atoms with Crippen molar-refractivity contribution in [1.29, 1.82) is 0 Å². The van der Waals surface area contributed by atoms with Crippen molar-refractivity contribution in [3.8, 4) is 0 Å². The first-order valence-corrected chi connectivity index (χ1v) is 8.17. The summed E-state index contributed by atoms with van der Waals surface area (Å²) in [6.07, 6.45) is 3.34. The van der Waals surface area contributed by atoms with Gasteiger partial charge in [0.1, 0.15) is 0 Å². The number of hydrogen-bond donors (Lipinski definition) is 2. The number of rotatable bonds is 4. The fraction of sp³-hybridized carbons (Fsp3) is 0. The van der Waals surface area contributed by atoms with Crippen LogP contribution in [0.4, 0.5) is 0 Å². The number of nitrogens with one attached hydrogen (secondary N) is 2. The van der Waals surface area contributed by atoms with E-state index in [1.54, 1.807) is 24.3 Å². The normalized spacial score (nSPS) is 11.8. The second kappa shape index (κ2) is 7.67. The molecule has 6 nitrogen and oxygen atoms in total. The zero-order chi connectivity index (χ0) is 17.6. The van der Waals surface area contributed by atoms with Crippen molar-refractivity contribution in [3.63, 3.8) is 0 Å². The standard InChI is InChI=1S/C18H13BrN4O2/c19-13(10-12-6-2-1-3-7-12)11-20-22-18(25)16-14-8-4-5-9-15(14)17(24)23-21-16/h1-11H,(H,22,25)(H,23,24)/b13-10-,20-11-. The summed E-state index contributed by atoms with van der Waals surface area (Å²) in [4.78, 5) is 24.0.